The van der Waals surface area contributed by atoms with Crippen LogP contribution >= 0.6 is 7.60 Å². The van der Waals surface area contributed by atoms with Gasteiger partial charge in [0.1, 0.15) is 0 Å². The van der Waals surface area contributed by atoms with E-state index in [0.717, 1.165) is 16.7 Å². The summed E-state index contributed by atoms with van der Waals surface area (Å²) in [6.45, 7) is 11.9. The molecule has 1 rings (SSSR count). The molecule has 1 aromatic carbocycles. The minimum Gasteiger partial charge on any atom is -0.321 e. The minimum absolute atomic E-state index is 0.193. The number of benzene rings is 1. The van der Waals surface area contributed by atoms with Gasteiger partial charge >= 0.3 is 7.60 Å². The number of hydrogen-bond acceptors (Lipinski definition) is 2. The average Bonchev–Trinajstić information content (AvgIpc) is 2.13. The van der Waals surface area contributed by atoms with Crippen LogP contribution in [0.4, 0.5) is 0 Å². The Morgan fingerprint density at radius 2 is 1.83 bits per heavy atom. The lowest BCUT2D eigenvalue weighted by Gasteiger charge is -2.27. The molecule has 102 valence electrons. The van der Waals surface area contributed by atoms with Crippen LogP contribution in [0.25, 0.3) is 0 Å². The summed E-state index contributed by atoms with van der Waals surface area (Å²) in [4.78, 5) is 10.1. The van der Waals surface area contributed by atoms with Crippen LogP contribution in [-0.2, 0) is 14.5 Å². The molecule has 0 aliphatic carbocycles. The Bertz CT molecular complexity index is 487. The summed E-state index contributed by atoms with van der Waals surface area (Å²) in [7, 11) is -3.74. The number of rotatable bonds is 3. The maximum absolute atomic E-state index is 12.3. The van der Waals surface area contributed by atoms with E-state index in [9.17, 15) is 9.46 Å². The average molecular weight is 270 g/mol. The second-order valence-corrected chi connectivity index (χ2v) is 7.41. The Labute approximate surface area is 110 Å². The molecule has 1 N–H and O–H groups in total. The standard InChI is InChI=1S/C14H23O3P/c1-7-17-18(15,16)13-11(3)8-10(2)9-12(13)14(4,5)6/h8-9H,7H2,1-6H3,(H,15,16). The Morgan fingerprint density at radius 1 is 1.28 bits per heavy atom. The third-order valence-electron chi connectivity index (χ3n) is 2.84. The lowest BCUT2D eigenvalue weighted by molar-refractivity contribution is 0.283. The van der Waals surface area contributed by atoms with Crippen LogP contribution in [0.15, 0.2) is 12.1 Å². The molecular weight excluding hydrogens is 247 g/mol. The molecule has 1 unspecified atom stereocenters. The monoisotopic (exact) mass is 270 g/mol. The van der Waals surface area contributed by atoms with E-state index in [0.29, 0.717) is 5.30 Å². The van der Waals surface area contributed by atoms with E-state index in [4.69, 9.17) is 4.52 Å². The van der Waals surface area contributed by atoms with E-state index < -0.39 is 7.60 Å². The molecule has 0 saturated heterocycles. The third kappa shape index (κ3) is 3.23. The van der Waals surface area contributed by atoms with Crippen molar-refractivity contribution in [3.63, 3.8) is 0 Å². The number of hydrogen-bond donors (Lipinski definition) is 1. The van der Waals surface area contributed by atoms with E-state index in [1.54, 1.807) is 6.92 Å². The van der Waals surface area contributed by atoms with Crippen molar-refractivity contribution >= 4 is 12.9 Å². The molecular formula is C14H23O3P. The highest BCUT2D eigenvalue weighted by atomic mass is 31.2. The Morgan fingerprint density at radius 3 is 2.28 bits per heavy atom. The highest BCUT2D eigenvalue weighted by Crippen LogP contribution is 2.45. The topological polar surface area (TPSA) is 46.5 Å². The largest absolute Gasteiger partial charge is 0.359 e. The smallest absolute Gasteiger partial charge is 0.321 e. The zero-order chi connectivity index (χ0) is 14.1. The first-order chi connectivity index (χ1) is 8.09. The second-order valence-electron chi connectivity index (χ2n) is 5.67. The lowest BCUT2D eigenvalue weighted by Crippen LogP contribution is -2.26. The van der Waals surface area contributed by atoms with E-state index >= 15 is 0 Å². The van der Waals surface area contributed by atoms with Crippen molar-refractivity contribution in [2.24, 2.45) is 0 Å². The van der Waals surface area contributed by atoms with Gasteiger partial charge in [-0.05, 0) is 37.3 Å². The first kappa shape index (κ1) is 15.4. The van der Waals surface area contributed by atoms with Gasteiger partial charge < -0.3 is 9.42 Å². The van der Waals surface area contributed by atoms with Gasteiger partial charge in [-0.25, -0.2) is 0 Å². The van der Waals surface area contributed by atoms with Gasteiger partial charge in [0.15, 0.2) is 0 Å². The first-order valence-electron chi connectivity index (χ1n) is 6.19. The Hall–Kier alpha value is -0.630. The molecule has 3 nitrogen and oxygen atoms in total. The zero-order valence-electron chi connectivity index (χ0n) is 12.1. The van der Waals surface area contributed by atoms with Crippen molar-refractivity contribution in [3.05, 3.63) is 28.8 Å². The predicted molar refractivity (Wildman–Crippen MR) is 75.7 cm³/mol. The van der Waals surface area contributed by atoms with E-state index in [1.807, 2.05) is 46.8 Å². The quantitative estimate of drug-likeness (QED) is 0.856. The maximum atomic E-state index is 12.3. The van der Waals surface area contributed by atoms with Gasteiger partial charge in [0.2, 0.25) is 0 Å². The van der Waals surface area contributed by atoms with Gasteiger partial charge in [0, 0.05) is 0 Å². The van der Waals surface area contributed by atoms with Crippen molar-refractivity contribution in [1.29, 1.82) is 0 Å². The number of aryl methyl sites for hydroxylation is 2. The van der Waals surface area contributed by atoms with Crippen LogP contribution in [0.3, 0.4) is 0 Å². The fraction of sp³-hybridized carbons (Fsp3) is 0.571. The van der Waals surface area contributed by atoms with Gasteiger partial charge in [0.05, 0.1) is 11.9 Å². The van der Waals surface area contributed by atoms with Crippen LogP contribution in [0, 0.1) is 13.8 Å². The predicted octanol–water partition coefficient (Wildman–Crippen LogP) is 3.45. The third-order valence-corrected chi connectivity index (χ3v) is 4.61. The Balaban J connectivity index is 3.57. The molecule has 0 aliphatic rings. The fourth-order valence-electron chi connectivity index (χ4n) is 2.15. The molecule has 18 heavy (non-hydrogen) atoms. The molecule has 0 bridgehead atoms. The second kappa shape index (κ2) is 5.16. The van der Waals surface area contributed by atoms with Crippen molar-refractivity contribution < 1.29 is 14.0 Å². The van der Waals surface area contributed by atoms with Crippen molar-refractivity contribution in [3.8, 4) is 0 Å². The van der Waals surface area contributed by atoms with Crippen LogP contribution in [0.5, 0.6) is 0 Å². The van der Waals surface area contributed by atoms with Gasteiger partial charge in [-0.1, -0.05) is 38.5 Å². The molecule has 0 amide bonds. The van der Waals surface area contributed by atoms with Crippen molar-refractivity contribution in [2.45, 2.75) is 47.0 Å². The first-order valence-corrected chi connectivity index (χ1v) is 7.77. The van der Waals surface area contributed by atoms with E-state index in [2.05, 4.69) is 0 Å². The van der Waals surface area contributed by atoms with Crippen LogP contribution < -0.4 is 5.30 Å². The lowest BCUT2D eigenvalue weighted by atomic mass is 9.85. The highest BCUT2D eigenvalue weighted by Gasteiger charge is 2.32. The summed E-state index contributed by atoms with van der Waals surface area (Å²) < 4.78 is 17.4. The molecule has 0 saturated carbocycles. The molecule has 4 heteroatoms. The SMILES string of the molecule is CCOP(=O)(O)c1c(C)cc(C)cc1C(C)(C)C. The van der Waals surface area contributed by atoms with E-state index in [1.165, 1.54) is 0 Å². The summed E-state index contributed by atoms with van der Waals surface area (Å²) >= 11 is 0. The van der Waals surface area contributed by atoms with E-state index in [-0.39, 0.29) is 12.0 Å². The van der Waals surface area contributed by atoms with Gasteiger partial charge in [-0.2, -0.15) is 0 Å². The summed E-state index contributed by atoms with van der Waals surface area (Å²) in [5, 5.41) is 0.461. The van der Waals surface area contributed by atoms with Gasteiger partial charge in [-0.15, -0.1) is 0 Å². The van der Waals surface area contributed by atoms with Gasteiger partial charge in [-0.3, -0.25) is 4.57 Å². The van der Waals surface area contributed by atoms with Crippen LogP contribution in [0.1, 0.15) is 44.4 Å². The van der Waals surface area contributed by atoms with Crippen LogP contribution in [-0.4, -0.2) is 11.5 Å². The minimum atomic E-state index is -3.74. The summed E-state index contributed by atoms with van der Waals surface area (Å²) in [6, 6.07) is 3.90. The zero-order valence-corrected chi connectivity index (χ0v) is 13.0. The van der Waals surface area contributed by atoms with Crippen molar-refractivity contribution in [1.82, 2.24) is 0 Å². The molecule has 0 radical (unpaired) electrons. The molecule has 0 fully saturated rings. The Kier molecular flexibility index (Phi) is 4.42. The molecule has 0 spiro atoms. The molecule has 1 aromatic rings. The molecule has 0 heterocycles. The summed E-state index contributed by atoms with van der Waals surface area (Å²) in [6.07, 6.45) is 0. The van der Waals surface area contributed by atoms with Crippen LogP contribution in [0.2, 0.25) is 0 Å². The summed E-state index contributed by atoms with van der Waals surface area (Å²) in [5.41, 5.74) is 2.61. The summed E-state index contributed by atoms with van der Waals surface area (Å²) in [5.74, 6) is 0. The molecule has 0 aromatic heterocycles. The highest BCUT2D eigenvalue weighted by molar-refractivity contribution is 7.61. The molecule has 0 aliphatic heterocycles. The maximum Gasteiger partial charge on any atom is 0.359 e. The normalized spacial score (nSPS) is 15.5. The van der Waals surface area contributed by atoms with Gasteiger partial charge in [0.25, 0.3) is 0 Å². The van der Waals surface area contributed by atoms with Crippen molar-refractivity contribution in [2.75, 3.05) is 6.61 Å². The molecule has 1 atom stereocenters. The fourth-order valence-corrected chi connectivity index (χ4v) is 3.84.